The van der Waals surface area contributed by atoms with Crippen LogP contribution in [0, 0.1) is 0 Å². The number of fused-ring (bicyclic) bond motifs is 15. The number of benzene rings is 10. The van der Waals surface area contributed by atoms with E-state index < -0.39 is 0 Å². The summed E-state index contributed by atoms with van der Waals surface area (Å²) >= 11 is 0. The highest BCUT2D eigenvalue weighted by Crippen LogP contribution is 2.52. The van der Waals surface area contributed by atoms with Crippen LogP contribution in [-0.2, 0) is 5.41 Å². The molecule has 63 heavy (non-hydrogen) atoms. The molecule has 2 unspecified atom stereocenters. The molecule has 2 atom stereocenters. The molecule has 2 heterocycles. The van der Waals surface area contributed by atoms with Gasteiger partial charge >= 0.3 is 0 Å². The van der Waals surface area contributed by atoms with Crippen molar-refractivity contribution >= 4 is 60.3 Å². The van der Waals surface area contributed by atoms with Gasteiger partial charge in [-0.2, -0.15) is 0 Å². The first-order chi connectivity index (χ1) is 31.0. The molecule has 2 aliphatic carbocycles. The fraction of sp³-hybridized carbons (Fsp3) is 0.0820. The molecule has 0 bridgehead atoms. The third-order valence-corrected chi connectivity index (χ3v) is 14.6. The predicted octanol–water partition coefficient (Wildman–Crippen LogP) is 16.3. The van der Waals surface area contributed by atoms with Crippen molar-refractivity contribution in [2.75, 3.05) is 0 Å². The van der Waals surface area contributed by atoms with E-state index in [2.05, 4.69) is 208 Å². The summed E-state index contributed by atoms with van der Waals surface area (Å²) in [6.07, 6.45) is 4.43. The summed E-state index contributed by atoms with van der Waals surface area (Å²) in [7, 11) is 0. The molecule has 1 aliphatic heterocycles. The number of furan rings is 1. The Morgan fingerprint density at radius 2 is 1.11 bits per heavy atom. The molecule has 2 nitrogen and oxygen atoms in total. The molecule has 0 saturated heterocycles. The normalized spacial score (nSPS) is 16.6. The van der Waals surface area contributed by atoms with Gasteiger partial charge in [-0.1, -0.05) is 166 Å². The highest BCUT2D eigenvalue weighted by atomic mass is 16.5. The van der Waals surface area contributed by atoms with E-state index in [0.717, 1.165) is 33.4 Å². The Kier molecular flexibility index (Phi) is 7.04. The maximum atomic E-state index is 6.82. The van der Waals surface area contributed by atoms with Crippen LogP contribution in [0.25, 0.3) is 105 Å². The molecule has 0 spiro atoms. The first-order valence-electron chi connectivity index (χ1n) is 22.1. The molecule has 0 saturated carbocycles. The molecule has 0 N–H and O–H groups in total. The zero-order valence-corrected chi connectivity index (χ0v) is 34.9. The van der Waals surface area contributed by atoms with Crippen LogP contribution >= 0.6 is 0 Å². The molecular formula is C61H40O2. The predicted molar refractivity (Wildman–Crippen MR) is 262 cm³/mol. The Morgan fingerprint density at radius 3 is 2.02 bits per heavy atom. The van der Waals surface area contributed by atoms with Crippen LogP contribution in [-0.4, -0.2) is 6.10 Å². The van der Waals surface area contributed by atoms with Gasteiger partial charge in [0, 0.05) is 21.8 Å². The first kappa shape index (κ1) is 35.0. The summed E-state index contributed by atoms with van der Waals surface area (Å²) < 4.78 is 13.5. The van der Waals surface area contributed by atoms with Gasteiger partial charge in [-0.25, -0.2) is 0 Å². The van der Waals surface area contributed by atoms with E-state index in [9.17, 15) is 0 Å². The second-order valence-corrected chi connectivity index (χ2v) is 18.3. The Balaban J connectivity index is 1.01. The maximum Gasteiger partial charge on any atom is 0.136 e. The van der Waals surface area contributed by atoms with Crippen LogP contribution in [0.5, 0.6) is 5.75 Å². The van der Waals surface area contributed by atoms with E-state index in [1.54, 1.807) is 0 Å². The van der Waals surface area contributed by atoms with Gasteiger partial charge in [-0.3, -0.25) is 0 Å². The minimum absolute atomic E-state index is 0.0195. The monoisotopic (exact) mass is 804 g/mol. The standard InChI is InChI=1S/C61H40O2/c1-61(2)51-18-10-9-15-43(51)44-25-19-38(32-52(44)61)37-20-26-47-50(31-37)58(40-22-28-49-56(34-40)63-54-30-24-36-12-4-6-14-42(36)60(49)54)46-17-8-7-16-45(46)57(47)39-21-27-48-55(33-39)62-53-29-23-35-11-3-5-13-41(35)59(48)53/h3-34,54,60H,1-2H3. The van der Waals surface area contributed by atoms with Crippen molar-refractivity contribution in [1.82, 2.24) is 0 Å². The first-order valence-corrected chi connectivity index (χ1v) is 22.1. The molecular weight excluding hydrogens is 765 g/mol. The lowest BCUT2D eigenvalue weighted by atomic mass is 9.80. The molecule has 296 valence electrons. The smallest absolute Gasteiger partial charge is 0.136 e. The summed E-state index contributed by atoms with van der Waals surface area (Å²) in [6, 6.07) is 67.4. The summed E-state index contributed by atoms with van der Waals surface area (Å²) in [4.78, 5) is 0. The highest BCUT2D eigenvalue weighted by Gasteiger charge is 2.38. The number of hydrogen-bond acceptors (Lipinski definition) is 2. The average Bonchev–Trinajstić information content (AvgIpc) is 3.97. The summed E-state index contributed by atoms with van der Waals surface area (Å²) in [6.45, 7) is 4.72. The quantitative estimate of drug-likeness (QED) is 0.166. The minimum Gasteiger partial charge on any atom is -0.485 e. The van der Waals surface area contributed by atoms with Crippen molar-refractivity contribution < 1.29 is 9.15 Å². The lowest BCUT2D eigenvalue weighted by Gasteiger charge is -2.22. The van der Waals surface area contributed by atoms with Crippen LogP contribution in [0.1, 0.15) is 47.6 Å². The third kappa shape index (κ3) is 4.89. The van der Waals surface area contributed by atoms with Crippen molar-refractivity contribution in [3.8, 4) is 50.3 Å². The van der Waals surface area contributed by atoms with E-state index in [4.69, 9.17) is 9.15 Å². The van der Waals surface area contributed by atoms with Crippen molar-refractivity contribution in [3.63, 3.8) is 0 Å². The lowest BCUT2D eigenvalue weighted by Crippen LogP contribution is -2.20. The number of rotatable bonds is 3. The zero-order valence-electron chi connectivity index (χ0n) is 34.9. The van der Waals surface area contributed by atoms with Crippen molar-refractivity contribution in [2.45, 2.75) is 31.3 Å². The molecule has 2 heteroatoms. The highest BCUT2D eigenvalue weighted by molar-refractivity contribution is 6.24. The van der Waals surface area contributed by atoms with E-state index in [1.807, 2.05) is 0 Å². The molecule has 0 fully saturated rings. The largest absolute Gasteiger partial charge is 0.485 e. The fourth-order valence-corrected chi connectivity index (χ4v) is 11.6. The second-order valence-electron chi connectivity index (χ2n) is 18.3. The van der Waals surface area contributed by atoms with Gasteiger partial charge in [0.05, 0.1) is 5.92 Å². The van der Waals surface area contributed by atoms with E-state index in [1.165, 1.54) is 98.9 Å². The van der Waals surface area contributed by atoms with E-state index in [0.29, 0.717) is 0 Å². The van der Waals surface area contributed by atoms with Gasteiger partial charge in [0.15, 0.2) is 0 Å². The fourth-order valence-electron chi connectivity index (χ4n) is 11.6. The summed E-state index contributed by atoms with van der Waals surface area (Å²) in [5.74, 6) is 1.14. The van der Waals surface area contributed by atoms with Crippen LogP contribution < -0.4 is 4.74 Å². The molecule has 0 amide bonds. The molecule has 14 rings (SSSR count). The van der Waals surface area contributed by atoms with Crippen LogP contribution in [0.2, 0.25) is 0 Å². The Labute approximate surface area is 365 Å². The van der Waals surface area contributed by atoms with Crippen molar-refractivity contribution in [2.24, 2.45) is 0 Å². The van der Waals surface area contributed by atoms with Gasteiger partial charge in [0.1, 0.15) is 23.0 Å². The molecule has 0 radical (unpaired) electrons. The van der Waals surface area contributed by atoms with Gasteiger partial charge < -0.3 is 9.15 Å². The summed E-state index contributed by atoms with van der Waals surface area (Å²) in [5, 5.41) is 9.56. The molecule has 1 aromatic heterocycles. The summed E-state index contributed by atoms with van der Waals surface area (Å²) in [5.41, 5.74) is 18.1. The Bertz CT molecular complexity index is 3820. The van der Waals surface area contributed by atoms with Gasteiger partial charge in [-0.05, 0) is 142 Å². The zero-order chi connectivity index (χ0) is 41.6. The van der Waals surface area contributed by atoms with Crippen molar-refractivity contribution in [1.29, 1.82) is 0 Å². The van der Waals surface area contributed by atoms with Crippen LogP contribution in [0.4, 0.5) is 0 Å². The molecule has 3 aliphatic rings. The van der Waals surface area contributed by atoms with Gasteiger partial charge in [0.25, 0.3) is 0 Å². The topological polar surface area (TPSA) is 22.4 Å². The van der Waals surface area contributed by atoms with E-state index in [-0.39, 0.29) is 17.4 Å². The van der Waals surface area contributed by atoms with Crippen molar-refractivity contribution in [3.05, 3.63) is 216 Å². The Hall–Kier alpha value is -7.68. The molecule has 11 aromatic rings. The van der Waals surface area contributed by atoms with Gasteiger partial charge in [-0.15, -0.1) is 0 Å². The van der Waals surface area contributed by atoms with Gasteiger partial charge in [0.2, 0.25) is 0 Å². The minimum atomic E-state index is -0.0911. The second kappa shape index (κ2) is 12.7. The molecule has 10 aromatic carbocycles. The Morgan fingerprint density at radius 1 is 0.444 bits per heavy atom. The number of hydrogen-bond donors (Lipinski definition) is 0. The SMILES string of the molecule is CC1(C)c2ccccc2-c2ccc(-c3ccc4c(-c5ccc6c(c5)oc5ccc7ccccc7c56)c5ccccc5c(-c5ccc6c(c5)OC5C=Cc7ccccc7C65)c4c3)cc21. The van der Waals surface area contributed by atoms with E-state index >= 15 is 0 Å². The average molecular weight is 805 g/mol. The lowest BCUT2D eigenvalue weighted by molar-refractivity contribution is 0.267. The maximum absolute atomic E-state index is 6.82. The number of ether oxygens (including phenoxy) is 1. The van der Waals surface area contributed by atoms with Crippen LogP contribution in [0.3, 0.4) is 0 Å². The van der Waals surface area contributed by atoms with Crippen LogP contribution in [0.15, 0.2) is 192 Å². The third-order valence-electron chi connectivity index (χ3n) is 14.6.